The number of nitrogens with one attached hydrogen (secondary N) is 1. The Balaban J connectivity index is 2.01. The maximum Gasteiger partial charge on any atom is 0.326 e. The molecule has 6 nitrogen and oxygen atoms in total. The van der Waals surface area contributed by atoms with Crippen molar-refractivity contribution in [2.45, 2.75) is 51.7 Å². The molecule has 0 bridgehead atoms. The highest BCUT2D eigenvalue weighted by Crippen LogP contribution is 2.34. The van der Waals surface area contributed by atoms with Crippen molar-refractivity contribution < 1.29 is 23.8 Å². The molecule has 2 unspecified atom stereocenters. The van der Waals surface area contributed by atoms with E-state index in [0.717, 1.165) is 41.5 Å². The molecule has 0 saturated carbocycles. The van der Waals surface area contributed by atoms with Crippen LogP contribution in [0.15, 0.2) is 65.3 Å². The van der Waals surface area contributed by atoms with Crippen molar-refractivity contribution in [3.05, 3.63) is 83.3 Å². The summed E-state index contributed by atoms with van der Waals surface area (Å²) in [5, 5.41) is 12.3. The van der Waals surface area contributed by atoms with Crippen molar-refractivity contribution in [3.8, 4) is 11.1 Å². The zero-order chi connectivity index (χ0) is 25.9. The molecule has 7 heteroatoms. The van der Waals surface area contributed by atoms with E-state index in [1.54, 1.807) is 24.1 Å². The van der Waals surface area contributed by atoms with Gasteiger partial charge >= 0.3 is 5.97 Å². The van der Waals surface area contributed by atoms with Gasteiger partial charge in [-0.25, -0.2) is 4.79 Å². The van der Waals surface area contributed by atoms with E-state index < -0.39 is 24.0 Å². The largest absolute Gasteiger partial charge is 0.480 e. The van der Waals surface area contributed by atoms with Crippen LogP contribution in [0.1, 0.15) is 66.0 Å². The van der Waals surface area contributed by atoms with Gasteiger partial charge in [-0.2, -0.15) is 11.8 Å². The van der Waals surface area contributed by atoms with Crippen LogP contribution in [-0.4, -0.2) is 41.6 Å². The molecule has 0 saturated heterocycles. The van der Waals surface area contributed by atoms with Gasteiger partial charge in [0.25, 0.3) is 5.91 Å². The number of amides is 1. The highest BCUT2D eigenvalue weighted by atomic mass is 32.2. The Kier molecular flexibility index (Phi) is 10.6. The summed E-state index contributed by atoms with van der Waals surface area (Å²) in [5.74, 6) is -0.111. The van der Waals surface area contributed by atoms with Crippen LogP contribution in [0.25, 0.3) is 11.1 Å². The summed E-state index contributed by atoms with van der Waals surface area (Å²) in [6.07, 6.45) is 6.62. The van der Waals surface area contributed by atoms with E-state index >= 15 is 0 Å². The number of carboxylic acid groups (broad SMARTS) is 1. The van der Waals surface area contributed by atoms with E-state index in [0.29, 0.717) is 30.1 Å². The Hall–Kier alpha value is -3.03. The summed E-state index contributed by atoms with van der Waals surface area (Å²) in [6.45, 7) is 4.74. The molecule has 0 spiro atoms. The van der Waals surface area contributed by atoms with Crippen molar-refractivity contribution in [1.29, 1.82) is 0 Å². The number of thioether (sulfide) groups is 1. The van der Waals surface area contributed by atoms with Crippen LogP contribution in [0.5, 0.6) is 0 Å². The van der Waals surface area contributed by atoms with Gasteiger partial charge < -0.3 is 19.6 Å². The summed E-state index contributed by atoms with van der Waals surface area (Å²) < 4.78 is 12.0. The number of aryl methyl sites for hydroxylation is 1. The third-order valence-electron chi connectivity index (χ3n) is 6.07. The van der Waals surface area contributed by atoms with Gasteiger partial charge in [-0.3, -0.25) is 4.79 Å². The second-order valence-electron chi connectivity index (χ2n) is 8.74. The topological polar surface area (TPSA) is 88.8 Å². The summed E-state index contributed by atoms with van der Waals surface area (Å²) in [6, 6.07) is 16.2. The molecule has 3 aromatic rings. The number of unbranched alkanes of at least 4 members (excludes halogenated alkanes) is 2. The third-order valence-corrected chi connectivity index (χ3v) is 6.72. The van der Waals surface area contributed by atoms with E-state index in [9.17, 15) is 14.7 Å². The number of hydrogen-bond acceptors (Lipinski definition) is 5. The fraction of sp³-hybridized carbons (Fsp3) is 0.379. The molecule has 0 aliphatic rings. The first-order valence-electron chi connectivity index (χ1n) is 12.3. The molecule has 3 rings (SSSR count). The fourth-order valence-electron chi connectivity index (χ4n) is 4.09. The molecule has 0 aliphatic heterocycles. The van der Waals surface area contributed by atoms with Crippen LogP contribution in [0.3, 0.4) is 0 Å². The lowest BCUT2D eigenvalue weighted by molar-refractivity contribution is -0.139. The smallest absolute Gasteiger partial charge is 0.326 e. The van der Waals surface area contributed by atoms with Crippen LogP contribution in [-0.2, 0) is 9.53 Å². The molecule has 36 heavy (non-hydrogen) atoms. The SMILES string of the molecule is CCCCCOC(c1ccc(C(=O)NC(CCSC)C(=O)O)c(-c2ccccc2C)c1)c1ccco1. The van der Waals surface area contributed by atoms with E-state index in [2.05, 4.69) is 12.2 Å². The third kappa shape index (κ3) is 7.24. The molecule has 2 aromatic carbocycles. The minimum atomic E-state index is -1.04. The lowest BCUT2D eigenvalue weighted by atomic mass is 9.92. The van der Waals surface area contributed by atoms with Gasteiger partial charge in [0.15, 0.2) is 0 Å². The molecular formula is C29H35NO5S. The first-order chi connectivity index (χ1) is 17.5. The summed E-state index contributed by atoms with van der Waals surface area (Å²) in [5.41, 5.74) is 3.94. The quantitative estimate of drug-likeness (QED) is 0.242. The zero-order valence-electron chi connectivity index (χ0n) is 21.2. The maximum absolute atomic E-state index is 13.4. The molecule has 2 N–H and O–H groups in total. The monoisotopic (exact) mass is 509 g/mol. The molecule has 1 amide bonds. The van der Waals surface area contributed by atoms with Gasteiger partial charge in [0.2, 0.25) is 0 Å². The van der Waals surface area contributed by atoms with E-state index in [-0.39, 0.29) is 0 Å². The van der Waals surface area contributed by atoms with Crippen LogP contribution in [0.4, 0.5) is 0 Å². The molecular weight excluding hydrogens is 474 g/mol. The number of benzene rings is 2. The first kappa shape index (κ1) is 27.6. The minimum absolute atomic E-state index is 0.353. The predicted octanol–water partition coefficient (Wildman–Crippen LogP) is 6.49. The van der Waals surface area contributed by atoms with Gasteiger partial charge in [-0.1, -0.05) is 50.1 Å². The zero-order valence-corrected chi connectivity index (χ0v) is 22.0. The lowest BCUT2D eigenvalue weighted by Crippen LogP contribution is -2.41. The van der Waals surface area contributed by atoms with Gasteiger partial charge in [0.05, 0.1) is 6.26 Å². The van der Waals surface area contributed by atoms with Gasteiger partial charge in [0, 0.05) is 12.2 Å². The average molecular weight is 510 g/mol. The molecule has 1 aromatic heterocycles. The van der Waals surface area contributed by atoms with Crippen LogP contribution < -0.4 is 5.32 Å². The van der Waals surface area contributed by atoms with Crippen molar-refractivity contribution in [2.24, 2.45) is 0 Å². The number of aliphatic carboxylic acids is 1. The Bertz CT molecular complexity index is 1130. The van der Waals surface area contributed by atoms with Crippen molar-refractivity contribution >= 4 is 23.6 Å². The van der Waals surface area contributed by atoms with Gasteiger partial charge in [-0.15, -0.1) is 0 Å². The molecule has 2 atom stereocenters. The lowest BCUT2D eigenvalue weighted by Gasteiger charge is -2.20. The number of carbonyl (C=O) groups is 2. The van der Waals surface area contributed by atoms with E-state index in [1.807, 2.05) is 61.7 Å². The molecule has 192 valence electrons. The highest BCUT2D eigenvalue weighted by Gasteiger charge is 2.25. The predicted molar refractivity (Wildman–Crippen MR) is 145 cm³/mol. The normalized spacial score (nSPS) is 12.8. The number of carboxylic acids is 1. The number of carbonyl (C=O) groups excluding carboxylic acids is 1. The molecule has 0 aliphatic carbocycles. The van der Waals surface area contributed by atoms with Crippen molar-refractivity contribution in [1.82, 2.24) is 5.32 Å². The minimum Gasteiger partial charge on any atom is -0.480 e. The second-order valence-corrected chi connectivity index (χ2v) is 9.72. The van der Waals surface area contributed by atoms with E-state index in [1.165, 1.54) is 0 Å². The van der Waals surface area contributed by atoms with Crippen molar-refractivity contribution in [3.63, 3.8) is 0 Å². The Morgan fingerprint density at radius 2 is 1.89 bits per heavy atom. The van der Waals surface area contributed by atoms with E-state index in [4.69, 9.17) is 9.15 Å². The highest BCUT2D eigenvalue weighted by molar-refractivity contribution is 7.98. The Morgan fingerprint density at radius 3 is 2.56 bits per heavy atom. The number of rotatable bonds is 14. The van der Waals surface area contributed by atoms with Gasteiger partial charge in [-0.05, 0) is 78.3 Å². The molecule has 1 heterocycles. The summed E-state index contributed by atoms with van der Waals surface area (Å²) in [4.78, 5) is 25.1. The van der Waals surface area contributed by atoms with Gasteiger partial charge in [0.1, 0.15) is 17.9 Å². The summed E-state index contributed by atoms with van der Waals surface area (Å²) >= 11 is 1.55. The molecule has 0 radical (unpaired) electrons. The number of furan rings is 1. The maximum atomic E-state index is 13.4. The fourth-order valence-corrected chi connectivity index (χ4v) is 4.56. The first-order valence-corrected chi connectivity index (χ1v) is 13.7. The molecule has 0 fully saturated rings. The Morgan fingerprint density at radius 1 is 1.08 bits per heavy atom. The van der Waals surface area contributed by atoms with Crippen LogP contribution >= 0.6 is 11.8 Å². The summed E-state index contributed by atoms with van der Waals surface area (Å²) in [7, 11) is 0. The number of ether oxygens (including phenoxy) is 1. The number of hydrogen-bond donors (Lipinski definition) is 2. The Labute approximate surface area is 217 Å². The van der Waals surface area contributed by atoms with Crippen LogP contribution in [0.2, 0.25) is 0 Å². The van der Waals surface area contributed by atoms with Crippen molar-refractivity contribution in [2.75, 3.05) is 18.6 Å². The second kappa shape index (κ2) is 13.9. The average Bonchev–Trinajstić information content (AvgIpc) is 3.41. The standard InChI is InChI=1S/C29H35NO5S/c1-4-5-8-16-35-27(26-12-9-17-34-26)21-13-14-23(24(19-21)22-11-7-6-10-20(22)2)28(31)30-25(29(32)33)15-18-36-3/h6-7,9-14,17,19,25,27H,4-5,8,15-16,18H2,1-3H3,(H,30,31)(H,32,33). The van der Waals surface area contributed by atoms with Crippen LogP contribution in [0, 0.1) is 6.92 Å².